The fraction of sp³-hybridized carbons (Fsp3) is 0.357. The topological polar surface area (TPSA) is 90.0 Å². The first-order valence-corrected chi connectivity index (χ1v) is 12.0. The maximum absolute atomic E-state index is 13.7. The summed E-state index contributed by atoms with van der Waals surface area (Å²) in [6.45, 7) is 0. The van der Waals surface area contributed by atoms with Gasteiger partial charge in [-0.05, 0) is 59.9 Å². The summed E-state index contributed by atoms with van der Waals surface area (Å²) in [5.74, 6) is -1.11. The Bertz CT molecular complexity index is 1200. The summed E-state index contributed by atoms with van der Waals surface area (Å²) >= 11 is 0. The highest BCUT2D eigenvalue weighted by molar-refractivity contribution is 6.09. The molecule has 7 nitrogen and oxygen atoms in total. The molecule has 2 bridgehead atoms. The standard InChI is InChI=1S/C28H25NO6/c1-34-27(32)16-7-9-17(10-8-16)35-28(33)22(13-15-5-3-2-4-6-15)29-25(30)23-18-11-12-19(21-14-20(18)21)24(23)26(29)31/h2-12,18-24H,13-14H2,1H3/t18-,19-,20-,21-,22+,23-,24+/m1/s1. The monoisotopic (exact) mass is 471 g/mol. The van der Waals surface area contributed by atoms with Gasteiger partial charge >= 0.3 is 11.9 Å². The zero-order valence-electron chi connectivity index (χ0n) is 19.2. The number of carbonyl (C=O) groups excluding carboxylic acids is 4. The van der Waals surface area contributed by atoms with Gasteiger partial charge in [0.25, 0.3) is 0 Å². The van der Waals surface area contributed by atoms with Crippen LogP contribution in [0.1, 0.15) is 22.3 Å². The van der Waals surface area contributed by atoms with Crippen LogP contribution in [0.15, 0.2) is 66.7 Å². The molecule has 7 heteroatoms. The Balaban J connectivity index is 1.29. The molecule has 2 saturated carbocycles. The first kappa shape index (κ1) is 21.8. The number of imide groups is 1. The van der Waals surface area contributed by atoms with Crippen molar-refractivity contribution in [1.29, 1.82) is 0 Å². The van der Waals surface area contributed by atoms with Crippen LogP contribution in [0.4, 0.5) is 0 Å². The number of likely N-dealkylation sites (tertiary alicyclic amines) is 1. The van der Waals surface area contributed by atoms with Crippen molar-refractivity contribution >= 4 is 23.8 Å². The van der Waals surface area contributed by atoms with E-state index in [1.54, 1.807) is 0 Å². The van der Waals surface area contributed by atoms with Crippen LogP contribution in [-0.4, -0.2) is 41.8 Å². The molecular weight excluding hydrogens is 446 g/mol. The quantitative estimate of drug-likeness (QED) is 0.278. The molecular formula is C28H25NO6. The summed E-state index contributed by atoms with van der Waals surface area (Å²) < 4.78 is 10.3. The summed E-state index contributed by atoms with van der Waals surface area (Å²) in [7, 11) is 1.29. The van der Waals surface area contributed by atoms with Crippen LogP contribution >= 0.6 is 0 Å². The highest BCUT2D eigenvalue weighted by atomic mass is 16.5. The van der Waals surface area contributed by atoms with Crippen molar-refractivity contribution in [2.45, 2.75) is 18.9 Å². The number of methoxy groups -OCH3 is 1. The molecule has 5 aliphatic rings. The van der Waals surface area contributed by atoms with Gasteiger partial charge in [0.1, 0.15) is 11.8 Å². The van der Waals surface area contributed by atoms with Crippen molar-refractivity contribution in [2.24, 2.45) is 35.5 Å². The third kappa shape index (κ3) is 3.49. The molecule has 7 atom stereocenters. The minimum Gasteiger partial charge on any atom is -0.465 e. The van der Waals surface area contributed by atoms with Crippen molar-refractivity contribution in [1.82, 2.24) is 4.90 Å². The Kier molecular flexibility index (Phi) is 5.09. The molecule has 1 heterocycles. The average Bonchev–Trinajstić information content (AvgIpc) is 3.67. The Morgan fingerprint density at radius 3 is 2.09 bits per heavy atom. The molecule has 3 fully saturated rings. The highest BCUT2D eigenvalue weighted by Gasteiger charge is 2.68. The molecule has 35 heavy (non-hydrogen) atoms. The molecule has 2 aromatic carbocycles. The van der Waals surface area contributed by atoms with Crippen LogP contribution in [0, 0.1) is 35.5 Å². The van der Waals surface area contributed by atoms with E-state index >= 15 is 0 Å². The van der Waals surface area contributed by atoms with E-state index in [1.165, 1.54) is 36.3 Å². The third-order valence-corrected chi connectivity index (χ3v) is 8.05. The molecule has 0 unspecified atom stereocenters. The number of amides is 2. The average molecular weight is 472 g/mol. The number of nitrogens with zero attached hydrogens (tertiary/aromatic N) is 1. The first-order valence-electron chi connectivity index (χ1n) is 12.0. The smallest absolute Gasteiger partial charge is 0.337 e. The lowest BCUT2D eigenvalue weighted by atomic mass is 9.63. The van der Waals surface area contributed by atoms with Gasteiger partial charge in [0.2, 0.25) is 11.8 Å². The summed E-state index contributed by atoms with van der Waals surface area (Å²) in [6, 6.07) is 14.2. The second kappa shape index (κ2) is 8.18. The van der Waals surface area contributed by atoms with Crippen LogP contribution in [-0.2, 0) is 25.5 Å². The zero-order valence-corrected chi connectivity index (χ0v) is 19.2. The van der Waals surface area contributed by atoms with Gasteiger partial charge in [-0.25, -0.2) is 9.59 Å². The molecule has 0 spiro atoms. The number of esters is 2. The number of carbonyl (C=O) groups is 4. The predicted molar refractivity (Wildman–Crippen MR) is 124 cm³/mol. The van der Waals surface area contributed by atoms with Gasteiger partial charge in [0.15, 0.2) is 0 Å². The molecule has 178 valence electrons. The lowest BCUT2D eigenvalue weighted by molar-refractivity contribution is -0.153. The molecule has 2 aromatic rings. The first-order chi connectivity index (χ1) is 17.0. The van der Waals surface area contributed by atoms with Crippen molar-refractivity contribution < 1.29 is 28.7 Å². The maximum atomic E-state index is 13.7. The SMILES string of the molecule is COC(=O)c1ccc(OC(=O)[C@H](Cc2ccccc2)N2C(=O)[C@@H]3[C@@H]4C=C[C@H]([C@H]5C[C@H]45)[C@@H]3C2=O)cc1. The highest BCUT2D eigenvalue weighted by Crippen LogP contribution is 2.65. The van der Waals surface area contributed by atoms with Crippen molar-refractivity contribution in [3.05, 3.63) is 77.9 Å². The molecule has 0 N–H and O–H groups in total. The molecule has 0 aromatic heterocycles. The van der Waals surface area contributed by atoms with Crippen LogP contribution in [0.25, 0.3) is 0 Å². The summed E-state index contributed by atoms with van der Waals surface area (Å²) in [5, 5.41) is 0. The van der Waals surface area contributed by atoms with Crippen LogP contribution < -0.4 is 4.74 Å². The van der Waals surface area contributed by atoms with E-state index < -0.39 is 18.0 Å². The van der Waals surface area contributed by atoms with Crippen LogP contribution in [0.5, 0.6) is 5.75 Å². The molecule has 4 aliphatic carbocycles. The number of allylic oxidation sites excluding steroid dienone is 2. The number of rotatable bonds is 6. The number of benzene rings is 2. The van der Waals surface area contributed by atoms with E-state index in [4.69, 9.17) is 9.47 Å². The van der Waals surface area contributed by atoms with Crippen molar-refractivity contribution in [3.8, 4) is 5.75 Å². The molecule has 1 aliphatic heterocycles. The Hall–Kier alpha value is -3.74. The molecule has 1 saturated heterocycles. The molecule has 0 radical (unpaired) electrons. The summed E-state index contributed by atoms with van der Waals surface area (Å²) in [6.07, 6.45) is 5.48. The fourth-order valence-corrected chi connectivity index (χ4v) is 6.37. The zero-order chi connectivity index (χ0) is 24.3. The second-order valence-electron chi connectivity index (χ2n) is 9.84. The van der Waals surface area contributed by atoms with Gasteiger partial charge in [-0.2, -0.15) is 0 Å². The van der Waals surface area contributed by atoms with Crippen molar-refractivity contribution in [2.75, 3.05) is 7.11 Å². The van der Waals surface area contributed by atoms with E-state index in [9.17, 15) is 19.2 Å². The minimum absolute atomic E-state index is 0.0794. The largest absolute Gasteiger partial charge is 0.465 e. The van der Waals surface area contributed by atoms with Gasteiger partial charge in [-0.3, -0.25) is 14.5 Å². The van der Waals surface area contributed by atoms with Gasteiger partial charge in [-0.1, -0.05) is 42.5 Å². The summed E-state index contributed by atoms with van der Waals surface area (Å²) in [4.78, 5) is 53.6. The second-order valence-corrected chi connectivity index (χ2v) is 9.84. The number of hydrogen-bond donors (Lipinski definition) is 0. The Morgan fingerprint density at radius 2 is 1.51 bits per heavy atom. The normalized spacial score (nSPS) is 30.5. The number of hydrogen-bond acceptors (Lipinski definition) is 6. The van der Waals surface area contributed by atoms with E-state index in [1.807, 2.05) is 30.3 Å². The van der Waals surface area contributed by atoms with E-state index in [0.717, 1.165) is 12.0 Å². The lowest BCUT2D eigenvalue weighted by Gasteiger charge is -2.37. The van der Waals surface area contributed by atoms with E-state index in [-0.39, 0.29) is 47.7 Å². The Morgan fingerprint density at radius 1 is 0.914 bits per heavy atom. The fourth-order valence-electron chi connectivity index (χ4n) is 6.37. The van der Waals surface area contributed by atoms with Gasteiger partial charge in [0, 0.05) is 6.42 Å². The summed E-state index contributed by atoms with van der Waals surface area (Å²) in [5.41, 5.74) is 1.15. The lowest BCUT2D eigenvalue weighted by Crippen LogP contribution is -2.48. The van der Waals surface area contributed by atoms with Gasteiger partial charge in [0.05, 0.1) is 24.5 Å². The maximum Gasteiger partial charge on any atom is 0.337 e. The van der Waals surface area contributed by atoms with E-state index in [2.05, 4.69) is 12.2 Å². The van der Waals surface area contributed by atoms with Gasteiger partial charge in [-0.15, -0.1) is 0 Å². The minimum atomic E-state index is -1.07. The van der Waals surface area contributed by atoms with E-state index in [0.29, 0.717) is 17.4 Å². The third-order valence-electron chi connectivity index (χ3n) is 8.05. The molecule has 7 rings (SSSR count). The van der Waals surface area contributed by atoms with Crippen molar-refractivity contribution in [3.63, 3.8) is 0 Å². The van der Waals surface area contributed by atoms with Crippen LogP contribution in [0.2, 0.25) is 0 Å². The predicted octanol–water partition coefficient (Wildman–Crippen LogP) is 3.04. The van der Waals surface area contributed by atoms with Crippen LogP contribution in [0.3, 0.4) is 0 Å². The number of ether oxygens (including phenoxy) is 2. The van der Waals surface area contributed by atoms with Gasteiger partial charge < -0.3 is 9.47 Å². The Labute approximate surface area is 202 Å². The molecule has 2 amide bonds.